The molecule has 0 unspecified atom stereocenters. The van der Waals surface area contributed by atoms with Crippen molar-refractivity contribution < 1.29 is 4.74 Å². The molecule has 32 heavy (non-hydrogen) atoms. The SMILES string of the molecule is CCCCCCCCCCOc1cnc(-c2ccc(CCCCCCCCC)cn2)nc1. The average molecular weight is 440 g/mol. The van der Waals surface area contributed by atoms with Crippen LogP contribution in [0.25, 0.3) is 11.5 Å². The number of aromatic nitrogens is 3. The van der Waals surface area contributed by atoms with Gasteiger partial charge in [0.1, 0.15) is 5.69 Å². The molecule has 2 aromatic rings. The summed E-state index contributed by atoms with van der Waals surface area (Å²) in [7, 11) is 0. The second-order valence-electron chi connectivity index (χ2n) is 8.99. The van der Waals surface area contributed by atoms with Gasteiger partial charge < -0.3 is 4.74 Å². The van der Waals surface area contributed by atoms with E-state index in [1.807, 2.05) is 12.3 Å². The second kappa shape index (κ2) is 17.6. The summed E-state index contributed by atoms with van der Waals surface area (Å²) in [5.41, 5.74) is 2.12. The maximum Gasteiger partial charge on any atom is 0.178 e. The van der Waals surface area contributed by atoms with Gasteiger partial charge in [-0.3, -0.25) is 4.98 Å². The Kier molecular flexibility index (Phi) is 14.4. The van der Waals surface area contributed by atoms with E-state index in [4.69, 9.17) is 4.74 Å². The van der Waals surface area contributed by atoms with E-state index in [0.717, 1.165) is 30.9 Å². The normalized spacial score (nSPS) is 11.1. The monoisotopic (exact) mass is 439 g/mol. The van der Waals surface area contributed by atoms with Crippen LogP contribution in [-0.2, 0) is 6.42 Å². The highest BCUT2D eigenvalue weighted by atomic mass is 16.5. The first-order valence-electron chi connectivity index (χ1n) is 13.2. The number of pyridine rings is 1. The minimum atomic E-state index is 0.659. The molecule has 2 heterocycles. The molecule has 0 aliphatic carbocycles. The molecule has 4 heteroatoms. The van der Waals surface area contributed by atoms with Crippen LogP contribution >= 0.6 is 0 Å². The Balaban J connectivity index is 1.60. The molecule has 0 saturated carbocycles. The molecule has 2 aromatic heterocycles. The fraction of sp³-hybridized carbons (Fsp3) is 0.679. The van der Waals surface area contributed by atoms with Crippen LogP contribution in [0.4, 0.5) is 0 Å². The maximum absolute atomic E-state index is 5.80. The molecule has 0 spiro atoms. The van der Waals surface area contributed by atoms with E-state index >= 15 is 0 Å². The van der Waals surface area contributed by atoms with Gasteiger partial charge in [0.05, 0.1) is 19.0 Å². The van der Waals surface area contributed by atoms with Gasteiger partial charge in [0, 0.05) is 6.20 Å². The van der Waals surface area contributed by atoms with Gasteiger partial charge in [-0.2, -0.15) is 0 Å². The summed E-state index contributed by atoms with van der Waals surface area (Å²) in [5.74, 6) is 1.40. The Morgan fingerprint density at radius 2 is 1.16 bits per heavy atom. The summed E-state index contributed by atoms with van der Waals surface area (Å²) in [4.78, 5) is 13.5. The lowest BCUT2D eigenvalue weighted by Gasteiger charge is -2.07. The molecular formula is C28H45N3O. The second-order valence-corrected chi connectivity index (χ2v) is 8.99. The zero-order valence-electron chi connectivity index (χ0n) is 20.7. The average Bonchev–Trinajstić information content (AvgIpc) is 2.83. The molecule has 0 aromatic carbocycles. The van der Waals surface area contributed by atoms with Gasteiger partial charge in [0.2, 0.25) is 0 Å². The highest BCUT2D eigenvalue weighted by Crippen LogP contribution is 2.17. The summed E-state index contributed by atoms with van der Waals surface area (Å²) in [5, 5.41) is 0. The van der Waals surface area contributed by atoms with Crippen molar-refractivity contribution in [2.24, 2.45) is 0 Å². The molecule has 0 radical (unpaired) electrons. The van der Waals surface area contributed by atoms with Crippen molar-refractivity contribution in [3.05, 3.63) is 36.3 Å². The van der Waals surface area contributed by atoms with Crippen molar-refractivity contribution >= 4 is 0 Å². The van der Waals surface area contributed by atoms with E-state index in [0.29, 0.717) is 5.82 Å². The van der Waals surface area contributed by atoms with E-state index < -0.39 is 0 Å². The Bertz CT molecular complexity index is 685. The van der Waals surface area contributed by atoms with E-state index in [1.165, 1.54) is 95.5 Å². The Morgan fingerprint density at radius 1 is 0.594 bits per heavy atom. The lowest BCUT2D eigenvalue weighted by atomic mass is 10.1. The van der Waals surface area contributed by atoms with Crippen LogP contribution in [0, 0.1) is 0 Å². The van der Waals surface area contributed by atoms with Crippen LogP contribution in [0.3, 0.4) is 0 Å². The van der Waals surface area contributed by atoms with Crippen molar-refractivity contribution in [1.82, 2.24) is 15.0 Å². The van der Waals surface area contributed by atoms with Gasteiger partial charge in [-0.25, -0.2) is 9.97 Å². The number of hydrogen-bond acceptors (Lipinski definition) is 4. The van der Waals surface area contributed by atoms with Gasteiger partial charge in [-0.1, -0.05) is 103 Å². The van der Waals surface area contributed by atoms with Crippen molar-refractivity contribution in [1.29, 1.82) is 0 Å². The number of ether oxygens (including phenoxy) is 1. The number of unbranched alkanes of at least 4 members (excludes halogenated alkanes) is 13. The number of aryl methyl sites for hydroxylation is 1. The highest BCUT2D eigenvalue weighted by molar-refractivity contribution is 5.49. The number of nitrogens with zero attached hydrogens (tertiary/aromatic N) is 3. The molecule has 0 aliphatic rings. The smallest absolute Gasteiger partial charge is 0.178 e. The van der Waals surface area contributed by atoms with E-state index in [2.05, 4.69) is 34.9 Å². The first-order valence-corrected chi connectivity index (χ1v) is 13.2. The van der Waals surface area contributed by atoms with Crippen molar-refractivity contribution in [2.45, 2.75) is 117 Å². The maximum atomic E-state index is 5.80. The molecule has 0 saturated heterocycles. The topological polar surface area (TPSA) is 47.9 Å². The first-order chi connectivity index (χ1) is 15.8. The Labute approximate surface area is 196 Å². The third-order valence-electron chi connectivity index (χ3n) is 6.02. The Morgan fingerprint density at radius 3 is 1.72 bits per heavy atom. The molecule has 2 rings (SSSR count). The van der Waals surface area contributed by atoms with Gasteiger partial charge in [0.15, 0.2) is 11.6 Å². The van der Waals surface area contributed by atoms with Crippen LogP contribution < -0.4 is 4.74 Å². The van der Waals surface area contributed by atoms with Crippen molar-refractivity contribution in [2.75, 3.05) is 6.61 Å². The number of rotatable bonds is 19. The molecular weight excluding hydrogens is 394 g/mol. The summed E-state index contributed by atoms with van der Waals surface area (Å²) in [6.07, 6.45) is 26.4. The highest BCUT2D eigenvalue weighted by Gasteiger charge is 2.04. The third kappa shape index (κ3) is 11.6. The van der Waals surface area contributed by atoms with Crippen LogP contribution in [0.15, 0.2) is 30.7 Å². The zero-order valence-corrected chi connectivity index (χ0v) is 20.7. The molecule has 0 bridgehead atoms. The van der Waals surface area contributed by atoms with Crippen LogP contribution in [0.1, 0.15) is 116 Å². The minimum absolute atomic E-state index is 0.659. The van der Waals surface area contributed by atoms with E-state index in [9.17, 15) is 0 Å². The Hall–Kier alpha value is -1.97. The predicted molar refractivity (Wildman–Crippen MR) is 135 cm³/mol. The predicted octanol–water partition coefficient (Wildman–Crippen LogP) is 8.35. The lowest BCUT2D eigenvalue weighted by Crippen LogP contribution is -1.99. The molecule has 178 valence electrons. The standard InChI is InChI=1S/C28H45N3O/c1-3-5-7-9-11-13-15-17-21-32-26-23-30-28(31-24-26)27-20-19-25(22-29-27)18-16-14-12-10-8-6-4-2/h19-20,22-24H,3-18,21H2,1-2H3. The fourth-order valence-electron chi connectivity index (χ4n) is 3.94. The summed E-state index contributed by atoms with van der Waals surface area (Å²) in [6.45, 7) is 5.27. The van der Waals surface area contributed by atoms with Gasteiger partial charge >= 0.3 is 0 Å². The van der Waals surface area contributed by atoms with Gasteiger partial charge in [0.25, 0.3) is 0 Å². The zero-order chi connectivity index (χ0) is 22.7. The van der Waals surface area contributed by atoms with Gasteiger partial charge in [-0.15, -0.1) is 0 Å². The minimum Gasteiger partial charge on any atom is -0.490 e. The summed E-state index contributed by atoms with van der Waals surface area (Å²) >= 11 is 0. The largest absolute Gasteiger partial charge is 0.490 e. The van der Waals surface area contributed by atoms with Crippen LogP contribution in [0.5, 0.6) is 5.75 Å². The molecule has 0 amide bonds. The molecule has 0 fully saturated rings. The van der Waals surface area contributed by atoms with Gasteiger partial charge in [-0.05, 0) is 30.9 Å². The quantitative estimate of drug-likeness (QED) is 0.206. The molecule has 0 N–H and O–H groups in total. The van der Waals surface area contributed by atoms with Crippen LogP contribution in [-0.4, -0.2) is 21.6 Å². The van der Waals surface area contributed by atoms with Crippen LogP contribution in [0.2, 0.25) is 0 Å². The van der Waals surface area contributed by atoms with E-state index in [1.54, 1.807) is 12.4 Å². The molecule has 4 nitrogen and oxygen atoms in total. The summed E-state index contributed by atoms with van der Waals surface area (Å²) in [6, 6.07) is 4.20. The summed E-state index contributed by atoms with van der Waals surface area (Å²) < 4.78 is 5.80. The third-order valence-corrected chi connectivity index (χ3v) is 6.02. The lowest BCUT2D eigenvalue weighted by molar-refractivity contribution is 0.302. The van der Waals surface area contributed by atoms with Crippen molar-refractivity contribution in [3.63, 3.8) is 0 Å². The fourth-order valence-corrected chi connectivity index (χ4v) is 3.94. The van der Waals surface area contributed by atoms with Crippen molar-refractivity contribution in [3.8, 4) is 17.3 Å². The van der Waals surface area contributed by atoms with E-state index in [-0.39, 0.29) is 0 Å². The molecule has 0 aliphatic heterocycles. The first kappa shape index (κ1) is 26.3. The number of hydrogen-bond donors (Lipinski definition) is 0. The molecule has 0 atom stereocenters.